The number of halogens is 6. The predicted octanol–water partition coefficient (Wildman–Crippen LogP) is 1.31. The largest absolute Gasteiger partial charge is 0.638 e. The van der Waals surface area contributed by atoms with Gasteiger partial charge in [-0.25, -0.2) is 0 Å². The molecule has 0 fully saturated rings. The van der Waals surface area contributed by atoms with Gasteiger partial charge in [-0.2, -0.15) is 13.2 Å². The molecule has 8 nitrogen and oxygen atoms in total. The van der Waals surface area contributed by atoms with Crippen LogP contribution in [0.5, 0.6) is 0 Å². The molecule has 0 aromatic carbocycles. The molecule has 0 unspecified atom stereocenters. The van der Waals surface area contributed by atoms with Crippen molar-refractivity contribution in [2.75, 3.05) is 13.2 Å². The van der Waals surface area contributed by atoms with Crippen LogP contribution in [-0.4, -0.2) is 41.4 Å². The lowest BCUT2D eigenvalue weighted by atomic mass is 10.5. The average molecular weight is 302 g/mol. The third-order valence-electron chi connectivity index (χ3n) is 1.39. The minimum atomic E-state index is -5.17. The van der Waals surface area contributed by atoms with Crippen LogP contribution in [0.4, 0.5) is 26.3 Å². The zero-order valence-corrected chi connectivity index (χ0v) is 8.53. The van der Waals surface area contributed by atoms with Crippen molar-refractivity contribution in [3.8, 4) is 0 Å². The van der Waals surface area contributed by atoms with E-state index in [9.17, 15) is 46.6 Å². The Morgan fingerprint density at radius 2 is 1.21 bits per heavy atom. The Kier molecular flexibility index (Phi) is 5.02. The Morgan fingerprint density at radius 3 is 1.53 bits per heavy atom. The first kappa shape index (κ1) is 17.3. The van der Waals surface area contributed by atoms with E-state index < -0.39 is 41.4 Å². The lowest BCUT2D eigenvalue weighted by Gasteiger charge is -2.17. The number of nitro groups is 2. The van der Waals surface area contributed by atoms with Crippen molar-refractivity contribution in [3.05, 3.63) is 20.2 Å². The van der Waals surface area contributed by atoms with E-state index in [1.54, 1.807) is 0 Å². The van der Waals surface area contributed by atoms with Crippen LogP contribution in [0.15, 0.2) is 0 Å². The summed E-state index contributed by atoms with van der Waals surface area (Å²) in [5, 5.41) is 19.9. The molecule has 0 atom stereocenters. The molecule has 0 aliphatic heterocycles. The van der Waals surface area contributed by atoms with Crippen molar-refractivity contribution >= 4 is 0 Å². The Balaban J connectivity index is 4.60. The minimum Gasteiger partial charge on any atom is -0.286 e. The maximum absolute atomic E-state index is 12.9. The van der Waals surface area contributed by atoms with Gasteiger partial charge in [0.2, 0.25) is 6.61 Å². The highest BCUT2D eigenvalue weighted by Gasteiger charge is 2.60. The van der Waals surface area contributed by atoms with Crippen LogP contribution in [0.25, 0.3) is 0 Å². The molecule has 0 radical (unpaired) electrons. The molecule has 0 aromatic heterocycles. The first-order chi connectivity index (χ1) is 8.30. The summed E-state index contributed by atoms with van der Waals surface area (Å²) in [7, 11) is 0. The molecule has 0 saturated heterocycles. The Morgan fingerprint density at radius 1 is 0.842 bits per heavy atom. The molecular weight excluding hydrogens is 298 g/mol. The highest BCUT2D eigenvalue weighted by molar-refractivity contribution is 4.52. The van der Waals surface area contributed by atoms with E-state index in [4.69, 9.17) is 0 Å². The zero-order valence-electron chi connectivity index (χ0n) is 8.53. The zero-order chi connectivity index (χ0) is 15.5. The number of rotatable bonds is 7. The second-order valence-corrected chi connectivity index (χ2v) is 2.89. The molecular formula is C5H4F6N2O6. The number of nitrogens with zero attached hydrogens (tertiary/aromatic N) is 2. The topological polar surface area (TPSA) is 105 Å². The van der Waals surface area contributed by atoms with E-state index in [-0.39, 0.29) is 0 Å². The molecule has 0 rings (SSSR count). The smallest absolute Gasteiger partial charge is 0.286 e. The van der Waals surface area contributed by atoms with Gasteiger partial charge in [-0.15, -0.1) is 8.78 Å². The summed E-state index contributed by atoms with van der Waals surface area (Å²) in [5.74, 6) is -4.63. The molecule has 0 aliphatic rings. The molecule has 0 aromatic rings. The molecule has 14 heteroatoms. The second-order valence-electron chi connectivity index (χ2n) is 2.89. The number of alkyl halides is 6. The summed E-state index contributed by atoms with van der Waals surface area (Å²) < 4.78 is 78.2. The Hall–Kier alpha value is -1.70. The summed E-state index contributed by atoms with van der Waals surface area (Å²) in [6.07, 6.45) is -10.3. The van der Waals surface area contributed by atoms with E-state index in [0.717, 1.165) is 0 Å². The summed E-state index contributed by atoms with van der Waals surface area (Å²) in [4.78, 5) is 15.5. The van der Waals surface area contributed by atoms with Crippen molar-refractivity contribution in [1.82, 2.24) is 0 Å². The van der Waals surface area contributed by atoms with Gasteiger partial charge in [-0.1, -0.05) is 4.39 Å². The van der Waals surface area contributed by atoms with Gasteiger partial charge in [0.15, 0.2) is 6.61 Å². The van der Waals surface area contributed by atoms with Gasteiger partial charge in [0.05, 0.1) is 0 Å². The first-order valence-corrected chi connectivity index (χ1v) is 4.00. The van der Waals surface area contributed by atoms with E-state index >= 15 is 0 Å². The van der Waals surface area contributed by atoms with Crippen molar-refractivity contribution in [2.45, 2.75) is 18.4 Å². The summed E-state index contributed by atoms with van der Waals surface area (Å²) in [6, 6.07) is 0. The van der Waals surface area contributed by atoms with E-state index in [2.05, 4.69) is 9.47 Å². The standard InChI is InChI=1S/C5H4F6N2O6/c6-3(7,8)1-18-5(10,11)19-2-4(9,12(14)15)13(16)17/h1-2H2. The van der Waals surface area contributed by atoms with Crippen molar-refractivity contribution in [3.63, 3.8) is 0 Å². The molecule has 0 bridgehead atoms. The second kappa shape index (κ2) is 5.52. The molecule has 0 aliphatic carbocycles. The number of ether oxygens (including phenoxy) is 2. The van der Waals surface area contributed by atoms with Crippen LogP contribution < -0.4 is 0 Å². The molecule has 0 heterocycles. The minimum absolute atomic E-state index is 2.19. The first-order valence-electron chi connectivity index (χ1n) is 4.00. The third kappa shape index (κ3) is 5.64. The van der Waals surface area contributed by atoms with Gasteiger partial charge in [-0.3, -0.25) is 29.7 Å². The predicted molar refractivity (Wildman–Crippen MR) is 40.7 cm³/mol. The van der Waals surface area contributed by atoms with Crippen LogP contribution in [0.2, 0.25) is 0 Å². The van der Waals surface area contributed by atoms with Crippen molar-refractivity contribution in [2.24, 2.45) is 0 Å². The van der Waals surface area contributed by atoms with Gasteiger partial charge >= 0.3 is 18.4 Å². The monoisotopic (exact) mass is 302 g/mol. The van der Waals surface area contributed by atoms with Crippen LogP contribution >= 0.6 is 0 Å². The summed E-state index contributed by atoms with van der Waals surface area (Å²) in [5.41, 5.74) is 0. The molecule has 112 valence electrons. The number of hydrogen-bond donors (Lipinski definition) is 0. The van der Waals surface area contributed by atoms with Crippen LogP contribution in [0.1, 0.15) is 0 Å². The quantitative estimate of drug-likeness (QED) is 0.231. The van der Waals surface area contributed by atoms with Gasteiger partial charge in [0, 0.05) is 0 Å². The SMILES string of the molecule is O=[N+]([O-])C(F)(COC(F)(F)OCC(F)(F)F)[N+](=O)[O-]. The molecule has 0 spiro atoms. The third-order valence-corrected chi connectivity index (χ3v) is 1.39. The number of hydrogen-bond acceptors (Lipinski definition) is 6. The molecule has 0 amide bonds. The highest BCUT2D eigenvalue weighted by atomic mass is 19.4. The fourth-order valence-electron chi connectivity index (χ4n) is 0.555. The van der Waals surface area contributed by atoms with Crippen LogP contribution in [0, 0.1) is 20.2 Å². The van der Waals surface area contributed by atoms with Gasteiger partial charge in [-0.05, 0) is 0 Å². The van der Waals surface area contributed by atoms with Crippen molar-refractivity contribution < 1.29 is 45.7 Å². The van der Waals surface area contributed by atoms with Crippen LogP contribution in [-0.2, 0) is 9.47 Å². The van der Waals surface area contributed by atoms with E-state index in [1.165, 1.54) is 0 Å². The molecule has 0 saturated carbocycles. The molecule has 19 heavy (non-hydrogen) atoms. The van der Waals surface area contributed by atoms with E-state index in [0.29, 0.717) is 0 Å². The maximum Gasteiger partial charge on any atom is 0.638 e. The lowest BCUT2D eigenvalue weighted by Crippen LogP contribution is -2.48. The maximum atomic E-state index is 12.9. The lowest BCUT2D eigenvalue weighted by molar-refractivity contribution is -0.835. The highest BCUT2D eigenvalue weighted by Crippen LogP contribution is 2.25. The summed E-state index contributed by atoms with van der Waals surface area (Å²) in [6.45, 7) is -4.95. The normalized spacial score (nSPS) is 13.4. The Bertz CT molecular complexity index is 345. The van der Waals surface area contributed by atoms with Gasteiger partial charge in [0.1, 0.15) is 9.85 Å². The average Bonchev–Trinajstić information content (AvgIpc) is 2.22. The fraction of sp³-hybridized carbons (Fsp3) is 1.00. The molecule has 0 N–H and O–H groups in total. The van der Waals surface area contributed by atoms with Gasteiger partial charge in [0.25, 0.3) is 0 Å². The summed E-state index contributed by atoms with van der Waals surface area (Å²) >= 11 is 0. The van der Waals surface area contributed by atoms with Crippen molar-refractivity contribution in [1.29, 1.82) is 0 Å². The Labute approximate surface area is 98.7 Å². The van der Waals surface area contributed by atoms with Gasteiger partial charge < -0.3 is 0 Å². The fourth-order valence-corrected chi connectivity index (χ4v) is 0.555. The van der Waals surface area contributed by atoms with E-state index in [1.807, 2.05) is 0 Å². The van der Waals surface area contributed by atoms with Crippen LogP contribution in [0.3, 0.4) is 0 Å².